The molecule has 4 rings (SSSR count). The van der Waals surface area contributed by atoms with Gasteiger partial charge < -0.3 is 19.8 Å². The zero-order valence-electron chi connectivity index (χ0n) is 18.6. The van der Waals surface area contributed by atoms with Gasteiger partial charge in [-0.1, -0.05) is 6.92 Å². The average molecular weight is 457 g/mol. The van der Waals surface area contributed by atoms with Gasteiger partial charge in [0.2, 0.25) is 0 Å². The molecule has 1 aliphatic rings. The van der Waals surface area contributed by atoms with E-state index in [1.165, 1.54) is 10.8 Å². The van der Waals surface area contributed by atoms with Gasteiger partial charge in [-0.15, -0.1) is 0 Å². The van der Waals surface area contributed by atoms with Crippen molar-refractivity contribution in [2.75, 3.05) is 38.3 Å². The second kappa shape index (κ2) is 10.5. The summed E-state index contributed by atoms with van der Waals surface area (Å²) in [5.74, 6) is 0.686. The monoisotopic (exact) mass is 456 g/mol. The molecule has 0 spiro atoms. The molecule has 176 valence electrons. The summed E-state index contributed by atoms with van der Waals surface area (Å²) < 4.78 is 12.5. The smallest absolute Gasteiger partial charge is 0.325 e. The summed E-state index contributed by atoms with van der Waals surface area (Å²) in [7, 11) is 0. The van der Waals surface area contributed by atoms with Gasteiger partial charge in [-0.3, -0.25) is 19.1 Å². The van der Waals surface area contributed by atoms with Gasteiger partial charge in [0.05, 0.1) is 24.4 Å². The van der Waals surface area contributed by atoms with Crippen LogP contribution >= 0.6 is 0 Å². The highest BCUT2D eigenvalue weighted by atomic mass is 16.5. The predicted molar refractivity (Wildman–Crippen MR) is 124 cm³/mol. The molecule has 0 aromatic carbocycles. The summed E-state index contributed by atoms with van der Waals surface area (Å²) >= 11 is 0. The molecular weight excluding hydrogens is 428 g/mol. The second-order valence-corrected chi connectivity index (χ2v) is 7.99. The Balaban J connectivity index is 1.71. The van der Waals surface area contributed by atoms with E-state index in [4.69, 9.17) is 9.47 Å². The van der Waals surface area contributed by atoms with E-state index >= 15 is 0 Å². The third-order valence-electron chi connectivity index (χ3n) is 5.59. The summed E-state index contributed by atoms with van der Waals surface area (Å²) in [5.41, 5.74) is -0.0737. The van der Waals surface area contributed by atoms with Crippen molar-refractivity contribution in [2.24, 2.45) is 5.92 Å². The highest BCUT2D eigenvalue weighted by Crippen LogP contribution is 2.18. The Labute approximate surface area is 189 Å². The molecule has 0 aliphatic carbocycles. The number of rotatable bonds is 9. The number of ether oxygens (including phenoxy) is 2. The molecule has 1 fully saturated rings. The van der Waals surface area contributed by atoms with Crippen LogP contribution in [0.3, 0.4) is 0 Å². The number of nitrogens with one attached hydrogen (secondary N) is 3. The van der Waals surface area contributed by atoms with E-state index in [0.717, 1.165) is 32.5 Å². The highest BCUT2D eigenvalue weighted by Gasteiger charge is 2.17. The fourth-order valence-corrected chi connectivity index (χ4v) is 3.79. The summed E-state index contributed by atoms with van der Waals surface area (Å²) in [6.07, 6.45) is 4.07. The molecule has 3 aromatic heterocycles. The molecule has 11 heteroatoms. The third kappa shape index (κ3) is 5.37. The van der Waals surface area contributed by atoms with E-state index in [0.29, 0.717) is 49.1 Å². The molecule has 33 heavy (non-hydrogen) atoms. The summed E-state index contributed by atoms with van der Waals surface area (Å²) in [4.78, 5) is 50.5. The molecule has 3 aromatic rings. The van der Waals surface area contributed by atoms with Crippen LogP contribution in [0.15, 0.2) is 32.7 Å². The molecular formula is C22H28N6O5. The van der Waals surface area contributed by atoms with Gasteiger partial charge in [0.1, 0.15) is 5.52 Å². The van der Waals surface area contributed by atoms with Crippen molar-refractivity contribution < 1.29 is 9.47 Å². The number of H-pyrrole nitrogens is 2. The molecule has 0 unspecified atom stereocenters. The summed E-state index contributed by atoms with van der Waals surface area (Å²) in [6, 6.07) is 3.35. The predicted octanol–water partition coefficient (Wildman–Crippen LogP) is 1.10. The third-order valence-corrected chi connectivity index (χ3v) is 5.59. The van der Waals surface area contributed by atoms with Crippen LogP contribution in [0.2, 0.25) is 0 Å². The summed E-state index contributed by atoms with van der Waals surface area (Å²) in [6.45, 7) is 5.35. The summed E-state index contributed by atoms with van der Waals surface area (Å²) in [5, 5.41) is 3.22. The fourth-order valence-electron chi connectivity index (χ4n) is 3.79. The number of pyridine rings is 1. The van der Waals surface area contributed by atoms with Crippen molar-refractivity contribution in [1.29, 1.82) is 0 Å². The van der Waals surface area contributed by atoms with Crippen LogP contribution in [0, 0.1) is 5.92 Å². The van der Waals surface area contributed by atoms with Gasteiger partial charge in [-0.05, 0) is 37.3 Å². The molecule has 0 bridgehead atoms. The molecule has 0 saturated carbocycles. The zero-order valence-corrected chi connectivity index (χ0v) is 18.6. The van der Waals surface area contributed by atoms with Crippen LogP contribution in [0.1, 0.15) is 26.2 Å². The van der Waals surface area contributed by atoms with Gasteiger partial charge in [-0.25, -0.2) is 14.8 Å². The first kappa shape index (κ1) is 22.9. The number of hydrogen-bond donors (Lipinski definition) is 3. The lowest BCUT2D eigenvalue weighted by Gasteiger charge is -2.22. The molecule has 1 saturated heterocycles. The topological polar surface area (TPSA) is 144 Å². The van der Waals surface area contributed by atoms with E-state index in [1.54, 1.807) is 12.1 Å². The van der Waals surface area contributed by atoms with Gasteiger partial charge in [0, 0.05) is 32.6 Å². The minimum atomic E-state index is -0.601. The number of fused-ring (bicyclic) bond motifs is 1. The van der Waals surface area contributed by atoms with Crippen molar-refractivity contribution in [3.05, 3.63) is 49.5 Å². The lowest BCUT2D eigenvalue weighted by Crippen LogP contribution is -2.30. The Hall–Kier alpha value is -3.31. The van der Waals surface area contributed by atoms with Gasteiger partial charge >= 0.3 is 5.69 Å². The quantitative estimate of drug-likeness (QED) is 0.406. The molecule has 0 amide bonds. The van der Waals surface area contributed by atoms with E-state index in [-0.39, 0.29) is 16.9 Å². The molecule has 1 aliphatic heterocycles. The van der Waals surface area contributed by atoms with Crippen LogP contribution in [-0.2, 0) is 16.0 Å². The SMILES string of the molecule is CCCOCCn1c(=O)c(NCC2CCOCC2)nc2ccc(-c3c[nH]c(=O)[nH]c3=O)nc21. The number of nitrogens with zero attached hydrogens (tertiary/aromatic N) is 3. The Kier molecular flexibility index (Phi) is 7.30. The normalized spacial score (nSPS) is 14.6. The number of hydrogen-bond acceptors (Lipinski definition) is 8. The largest absolute Gasteiger partial charge is 0.381 e. The standard InChI is InChI=1S/C22H28N6O5/c1-2-8-32-11-7-28-19-17(4-3-16(26-19)15-13-24-22(31)27-20(15)29)25-18(21(28)30)23-12-14-5-9-33-10-6-14/h3-4,13-14H,2,5-12H2,1H3,(H,23,25)(H2,24,27,29,31). The first-order chi connectivity index (χ1) is 16.1. The molecule has 3 N–H and O–H groups in total. The minimum absolute atomic E-state index is 0.194. The first-order valence-corrected chi connectivity index (χ1v) is 11.2. The van der Waals surface area contributed by atoms with Gasteiger partial charge in [0.25, 0.3) is 11.1 Å². The fraction of sp³-hybridized carbons (Fsp3) is 0.500. The van der Waals surface area contributed by atoms with Crippen LogP contribution in [0.4, 0.5) is 5.82 Å². The first-order valence-electron chi connectivity index (χ1n) is 11.2. The maximum Gasteiger partial charge on any atom is 0.325 e. The van der Waals surface area contributed by atoms with Crippen molar-refractivity contribution in [3.8, 4) is 11.3 Å². The maximum absolute atomic E-state index is 13.3. The van der Waals surface area contributed by atoms with Crippen LogP contribution in [-0.4, -0.2) is 57.5 Å². The van der Waals surface area contributed by atoms with E-state index in [2.05, 4.69) is 25.3 Å². The van der Waals surface area contributed by atoms with Crippen molar-refractivity contribution >= 4 is 17.0 Å². The highest BCUT2D eigenvalue weighted by molar-refractivity contribution is 5.76. The molecule has 11 nitrogen and oxygen atoms in total. The van der Waals surface area contributed by atoms with Gasteiger partial charge in [0.15, 0.2) is 11.5 Å². The Bertz CT molecular complexity index is 1270. The van der Waals surface area contributed by atoms with Crippen LogP contribution in [0.5, 0.6) is 0 Å². The number of aromatic amines is 2. The van der Waals surface area contributed by atoms with E-state index in [9.17, 15) is 14.4 Å². The number of aromatic nitrogens is 5. The van der Waals surface area contributed by atoms with Crippen molar-refractivity contribution in [1.82, 2.24) is 24.5 Å². The van der Waals surface area contributed by atoms with Gasteiger partial charge in [-0.2, -0.15) is 0 Å². The molecule has 0 radical (unpaired) electrons. The lowest BCUT2D eigenvalue weighted by atomic mass is 10.0. The zero-order chi connectivity index (χ0) is 23.2. The Morgan fingerprint density at radius 2 is 2.00 bits per heavy atom. The van der Waals surface area contributed by atoms with E-state index < -0.39 is 11.2 Å². The number of anilines is 1. The molecule has 4 heterocycles. The van der Waals surface area contributed by atoms with Crippen LogP contribution < -0.4 is 22.1 Å². The minimum Gasteiger partial charge on any atom is -0.381 e. The van der Waals surface area contributed by atoms with Crippen molar-refractivity contribution in [2.45, 2.75) is 32.7 Å². The lowest BCUT2D eigenvalue weighted by molar-refractivity contribution is 0.0699. The van der Waals surface area contributed by atoms with Crippen molar-refractivity contribution in [3.63, 3.8) is 0 Å². The van der Waals surface area contributed by atoms with E-state index in [1.807, 2.05) is 6.92 Å². The maximum atomic E-state index is 13.3. The Morgan fingerprint density at radius 3 is 2.76 bits per heavy atom. The van der Waals surface area contributed by atoms with Crippen LogP contribution in [0.25, 0.3) is 22.4 Å². The second-order valence-electron chi connectivity index (χ2n) is 7.99. The average Bonchev–Trinajstić information content (AvgIpc) is 2.82. The molecule has 0 atom stereocenters. The Morgan fingerprint density at radius 1 is 1.18 bits per heavy atom.